The molecule has 1 aliphatic rings. The van der Waals surface area contributed by atoms with Crippen molar-refractivity contribution >= 4 is 90.3 Å². The molecule has 3 heteroatoms. The summed E-state index contributed by atoms with van der Waals surface area (Å²) in [6.07, 6.45) is 4.37. The summed E-state index contributed by atoms with van der Waals surface area (Å²) in [6, 6.07) is 58.2. The van der Waals surface area contributed by atoms with Gasteiger partial charge in [0.15, 0.2) is 0 Å². The minimum atomic E-state index is 0.831. The minimum absolute atomic E-state index is 0.831. The molecule has 8 aromatic carbocycles. The molecule has 2 bridgehead atoms. The van der Waals surface area contributed by atoms with Gasteiger partial charge in [-0.05, 0) is 121 Å². The van der Waals surface area contributed by atoms with Crippen molar-refractivity contribution in [2.45, 2.75) is 12.8 Å². The van der Waals surface area contributed by atoms with Crippen molar-refractivity contribution in [3.8, 4) is 33.4 Å². The van der Waals surface area contributed by atoms with Crippen molar-refractivity contribution in [2.75, 3.05) is 5.73 Å². The molecule has 2 N–H and O–H groups in total. The fourth-order valence-corrected chi connectivity index (χ4v) is 10.0. The Balaban J connectivity index is 1.40. The highest BCUT2D eigenvalue weighted by Gasteiger charge is 2.27. The van der Waals surface area contributed by atoms with Crippen LogP contribution in [-0.2, 0) is 0 Å². The van der Waals surface area contributed by atoms with Crippen molar-refractivity contribution in [3.05, 3.63) is 174 Å². The lowest BCUT2D eigenvalue weighted by molar-refractivity contribution is 1.09. The summed E-state index contributed by atoms with van der Waals surface area (Å²) in [5, 5.41) is 12.8. The van der Waals surface area contributed by atoms with Crippen LogP contribution >= 0.6 is 0 Å². The van der Waals surface area contributed by atoms with Crippen LogP contribution in [0.1, 0.15) is 18.4 Å². The van der Waals surface area contributed by atoms with Gasteiger partial charge in [-0.15, -0.1) is 0 Å². The monoisotopic (exact) mass is 698 g/mol. The Morgan fingerprint density at radius 2 is 1.02 bits per heavy atom. The number of rotatable bonds is 4. The van der Waals surface area contributed by atoms with Crippen molar-refractivity contribution in [1.82, 2.24) is 4.40 Å². The highest BCUT2D eigenvalue weighted by Crippen LogP contribution is 2.46. The number of benzene rings is 8. The first-order chi connectivity index (χ1) is 27.1. The Bertz CT molecular complexity index is 3470. The predicted molar refractivity (Wildman–Crippen MR) is 238 cm³/mol. The van der Waals surface area contributed by atoms with Crippen molar-refractivity contribution in [2.24, 2.45) is 0 Å². The molecule has 0 fully saturated rings. The summed E-state index contributed by atoms with van der Waals surface area (Å²) >= 11 is 0. The van der Waals surface area contributed by atoms with E-state index in [1.165, 1.54) is 114 Å². The van der Waals surface area contributed by atoms with Gasteiger partial charge in [0.2, 0.25) is 0 Å². The van der Waals surface area contributed by atoms with E-state index in [0.29, 0.717) is 0 Å². The number of anilines is 1. The van der Waals surface area contributed by atoms with Crippen molar-refractivity contribution in [1.29, 1.82) is 0 Å². The third-order valence-electron chi connectivity index (χ3n) is 12.4. The lowest BCUT2D eigenvalue weighted by Gasteiger charge is -2.19. The van der Waals surface area contributed by atoms with Gasteiger partial charge in [-0.3, -0.25) is 0 Å². The number of fused-ring (bicyclic) bond motifs is 7. The first-order valence-corrected chi connectivity index (χ1v) is 19.4. The number of hydrogen-bond acceptors (Lipinski definition) is 1. The molecule has 0 amide bonds. The largest absolute Gasteiger partial charge is 0.398 e. The van der Waals surface area contributed by atoms with Gasteiger partial charge >= 0.3 is 0 Å². The predicted octanol–water partition coefficient (Wildman–Crippen LogP) is 10.2. The van der Waals surface area contributed by atoms with Crippen LogP contribution < -0.4 is 21.6 Å². The van der Waals surface area contributed by atoms with E-state index in [1.54, 1.807) is 0 Å². The summed E-state index contributed by atoms with van der Waals surface area (Å²) in [5.41, 5.74) is 23.0. The first kappa shape index (κ1) is 30.6. The summed E-state index contributed by atoms with van der Waals surface area (Å²) in [6.45, 7) is 0. The zero-order valence-electron chi connectivity index (χ0n) is 30.5. The Morgan fingerprint density at radius 3 is 1.67 bits per heavy atom. The molecule has 3 heterocycles. The summed E-state index contributed by atoms with van der Waals surface area (Å²) in [7, 11) is 2.35. The molecule has 0 atom stereocenters. The first-order valence-electron chi connectivity index (χ1n) is 19.4. The number of nitrogens with zero attached hydrogens (tertiary/aromatic N) is 1. The van der Waals surface area contributed by atoms with E-state index in [1.807, 2.05) is 0 Å². The third-order valence-corrected chi connectivity index (χ3v) is 12.4. The highest BCUT2D eigenvalue weighted by molar-refractivity contribution is 6.47. The molecular weight excluding hydrogens is 663 g/mol. The van der Waals surface area contributed by atoms with Crippen LogP contribution in [0.25, 0.3) is 105 Å². The topological polar surface area (TPSA) is 30.4 Å². The zero-order valence-corrected chi connectivity index (χ0v) is 30.5. The molecule has 3 aromatic heterocycles. The molecule has 1 aliphatic carbocycles. The maximum absolute atomic E-state index is 7.10. The average Bonchev–Trinajstić information content (AvgIpc) is 3.75. The second kappa shape index (κ2) is 11.3. The number of nitrogens with two attached hydrogens (primary N) is 1. The molecule has 0 radical (unpaired) electrons. The van der Waals surface area contributed by atoms with E-state index >= 15 is 0 Å². The van der Waals surface area contributed by atoms with Crippen LogP contribution in [0.2, 0.25) is 0 Å². The number of aromatic nitrogens is 1. The van der Waals surface area contributed by atoms with Crippen LogP contribution in [-0.4, -0.2) is 12.2 Å². The maximum atomic E-state index is 7.10. The third kappa shape index (κ3) is 4.27. The molecule has 0 unspecified atom stereocenters. The second-order valence-corrected chi connectivity index (χ2v) is 15.4. The molecule has 55 heavy (non-hydrogen) atoms. The van der Waals surface area contributed by atoms with Gasteiger partial charge in [0, 0.05) is 43.7 Å². The number of nitrogen functional groups attached to an aromatic ring is 1. The number of hydrogen-bond donors (Lipinski definition) is 1. The van der Waals surface area contributed by atoms with Gasteiger partial charge in [-0.1, -0.05) is 127 Å². The van der Waals surface area contributed by atoms with E-state index in [9.17, 15) is 0 Å². The standard InChI is InChI=1S/C52H35BN2/c53-49-41-29-39(32-17-8-3-9-18-32)48-45-27-36(31-15-6-2-7-16-31)25-43-42-24-35(30-13-4-1-5-14-30)26-44(50(42)55(51(43)45)52(48)49)47-37(21-12-22-38(41)47)40-23-33-19-10-11-20-34(33)28-46(40)54/h1-11,13-20,22-29H,12,21,53-54H2. The molecule has 2 nitrogen and oxygen atoms in total. The summed E-state index contributed by atoms with van der Waals surface area (Å²) in [4.78, 5) is 0. The van der Waals surface area contributed by atoms with Gasteiger partial charge in [0.05, 0.1) is 11.0 Å². The van der Waals surface area contributed by atoms with Crippen LogP contribution in [0.4, 0.5) is 5.69 Å². The van der Waals surface area contributed by atoms with Crippen LogP contribution in [0.5, 0.6) is 0 Å². The van der Waals surface area contributed by atoms with Crippen LogP contribution in [0.15, 0.2) is 158 Å². The highest BCUT2D eigenvalue weighted by atomic mass is 14.9. The summed E-state index contributed by atoms with van der Waals surface area (Å²) in [5.74, 6) is 0. The van der Waals surface area contributed by atoms with E-state index < -0.39 is 0 Å². The smallest absolute Gasteiger partial charge is 0.142 e. The molecule has 0 aliphatic heterocycles. The van der Waals surface area contributed by atoms with E-state index in [2.05, 4.69) is 176 Å². The minimum Gasteiger partial charge on any atom is -0.398 e. The normalized spacial score (nSPS) is 13.2. The van der Waals surface area contributed by atoms with Crippen LogP contribution in [0.3, 0.4) is 0 Å². The molecule has 11 aromatic rings. The van der Waals surface area contributed by atoms with Crippen LogP contribution in [0, 0.1) is 0 Å². The van der Waals surface area contributed by atoms with Crippen molar-refractivity contribution in [3.63, 3.8) is 0 Å². The van der Waals surface area contributed by atoms with E-state index in [0.717, 1.165) is 24.1 Å². The van der Waals surface area contributed by atoms with Gasteiger partial charge in [0.25, 0.3) is 0 Å². The van der Waals surface area contributed by atoms with E-state index in [-0.39, 0.29) is 0 Å². The molecule has 256 valence electrons. The lowest BCUT2D eigenvalue weighted by Crippen LogP contribution is -2.34. The Morgan fingerprint density at radius 1 is 0.473 bits per heavy atom. The second-order valence-electron chi connectivity index (χ2n) is 15.4. The van der Waals surface area contributed by atoms with Gasteiger partial charge in [-0.2, -0.15) is 0 Å². The molecular formula is C52H35BN2. The SMILES string of the molecule is Bc1c2cc(-c3ccccc3)c3c4cc(-c5ccccc5)cc5c6cc(-c7ccccc7)cc(c7c2=CCCC=7c2cc7ccccc7cc2N)c6n(c13)c54. The fraction of sp³-hybridized carbons (Fsp3) is 0.0385. The zero-order chi connectivity index (χ0) is 36.4. The van der Waals surface area contributed by atoms with Gasteiger partial charge < -0.3 is 10.1 Å². The Hall–Kier alpha value is -6.84. The lowest BCUT2D eigenvalue weighted by atomic mass is 9.82. The van der Waals surface area contributed by atoms with Gasteiger partial charge in [0.1, 0.15) is 7.85 Å². The quantitative estimate of drug-likeness (QED) is 0.144. The van der Waals surface area contributed by atoms with Crippen molar-refractivity contribution < 1.29 is 0 Å². The van der Waals surface area contributed by atoms with Gasteiger partial charge in [-0.25, -0.2) is 0 Å². The van der Waals surface area contributed by atoms with E-state index in [4.69, 9.17) is 5.73 Å². The summed E-state index contributed by atoms with van der Waals surface area (Å²) < 4.78 is 2.64. The molecule has 0 spiro atoms. The molecule has 0 saturated carbocycles. The Kier molecular flexibility index (Phi) is 6.31. The molecule has 0 saturated heterocycles. The average molecular weight is 699 g/mol. The maximum Gasteiger partial charge on any atom is 0.142 e. The molecule has 12 rings (SSSR count). The Labute approximate surface area is 319 Å². The fourth-order valence-electron chi connectivity index (χ4n) is 10.0.